The van der Waals surface area contributed by atoms with Crippen LogP contribution in [0.25, 0.3) is 0 Å². The van der Waals surface area contributed by atoms with E-state index in [9.17, 15) is 5.11 Å². The lowest BCUT2D eigenvalue weighted by atomic mass is 10.0. The zero-order valence-corrected chi connectivity index (χ0v) is 8.31. The van der Waals surface area contributed by atoms with Crippen molar-refractivity contribution in [1.29, 1.82) is 5.26 Å². The quantitative estimate of drug-likeness (QED) is 0.749. The number of nitriles is 1. The number of phenolic OH excluding ortho intramolecular Hbond substituents is 1. The Morgan fingerprint density at radius 2 is 2.15 bits per heavy atom. The molecule has 1 N–H and O–H groups in total. The van der Waals surface area contributed by atoms with Gasteiger partial charge in [0.05, 0.1) is 12.5 Å². The van der Waals surface area contributed by atoms with E-state index in [-0.39, 0.29) is 12.2 Å². The predicted octanol–water partition coefficient (Wildman–Crippen LogP) is 2.73. The molecule has 0 saturated heterocycles. The topological polar surface area (TPSA) is 44.0 Å². The van der Waals surface area contributed by atoms with Crippen molar-refractivity contribution in [3.05, 3.63) is 27.8 Å². The largest absolute Gasteiger partial charge is 0.507 e. The van der Waals surface area contributed by atoms with Crippen molar-refractivity contribution in [2.45, 2.75) is 20.3 Å². The van der Waals surface area contributed by atoms with Gasteiger partial charge in [0, 0.05) is 10.6 Å². The first-order chi connectivity index (χ1) is 6.07. The van der Waals surface area contributed by atoms with E-state index in [1.165, 1.54) is 0 Å². The van der Waals surface area contributed by atoms with Crippen molar-refractivity contribution >= 4 is 11.6 Å². The normalized spacial score (nSPS) is 9.69. The van der Waals surface area contributed by atoms with Crippen LogP contribution in [0.3, 0.4) is 0 Å². The Morgan fingerprint density at radius 1 is 1.54 bits per heavy atom. The average molecular weight is 196 g/mol. The van der Waals surface area contributed by atoms with E-state index in [1.54, 1.807) is 19.9 Å². The number of rotatable bonds is 1. The molecule has 2 nitrogen and oxygen atoms in total. The lowest BCUT2D eigenvalue weighted by Gasteiger charge is -2.09. The van der Waals surface area contributed by atoms with Crippen molar-refractivity contribution in [1.82, 2.24) is 0 Å². The highest BCUT2D eigenvalue weighted by Gasteiger charge is 2.10. The van der Waals surface area contributed by atoms with Gasteiger partial charge in [0.25, 0.3) is 0 Å². The lowest BCUT2D eigenvalue weighted by Crippen LogP contribution is -1.92. The minimum atomic E-state index is 0.184. The van der Waals surface area contributed by atoms with Gasteiger partial charge in [0.2, 0.25) is 0 Å². The van der Waals surface area contributed by atoms with E-state index in [2.05, 4.69) is 0 Å². The molecule has 0 radical (unpaired) electrons. The zero-order valence-electron chi connectivity index (χ0n) is 7.56. The van der Waals surface area contributed by atoms with Gasteiger partial charge in [-0.15, -0.1) is 0 Å². The van der Waals surface area contributed by atoms with Crippen LogP contribution in [0.2, 0.25) is 5.02 Å². The number of aromatic hydroxyl groups is 1. The predicted molar refractivity (Wildman–Crippen MR) is 51.9 cm³/mol. The third-order valence-corrected chi connectivity index (χ3v) is 2.46. The van der Waals surface area contributed by atoms with Gasteiger partial charge in [0.1, 0.15) is 5.75 Å². The summed E-state index contributed by atoms with van der Waals surface area (Å²) in [5.41, 5.74) is 2.12. The molecule has 68 valence electrons. The fourth-order valence-corrected chi connectivity index (χ4v) is 1.50. The van der Waals surface area contributed by atoms with Gasteiger partial charge in [-0.05, 0) is 31.0 Å². The van der Waals surface area contributed by atoms with Crippen molar-refractivity contribution in [2.24, 2.45) is 0 Å². The molecule has 0 aliphatic heterocycles. The summed E-state index contributed by atoms with van der Waals surface area (Å²) in [6.45, 7) is 3.57. The Balaban J connectivity index is 3.39. The standard InChI is InChI=1S/C10H10ClNO/c1-6-5-9(11)7(2)8(3-4-12)10(6)13/h5,13H,3H2,1-2H3. The molecule has 0 fully saturated rings. The van der Waals surface area contributed by atoms with Crippen LogP contribution in [0.5, 0.6) is 5.75 Å². The third-order valence-electron chi connectivity index (χ3n) is 2.07. The Hall–Kier alpha value is -1.20. The second-order valence-corrected chi connectivity index (χ2v) is 3.37. The van der Waals surface area contributed by atoms with Gasteiger partial charge >= 0.3 is 0 Å². The summed E-state index contributed by atoms with van der Waals surface area (Å²) in [6.07, 6.45) is 0.194. The number of benzene rings is 1. The number of hydrogen-bond acceptors (Lipinski definition) is 2. The number of halogens is 1. The van der Waals surface area contributed by atoms with E-state index < -0.39 is 0 Å². The van der Waals surface area contributed by atoms with Crippen LogP contribution in [-0.2, 0) is 6.42 Å². The molecule has 1 aromatic carbocycles. The van der Waals surface area contributed by atoms with E-state index in [4.69, 9.17) is 16.9 Å². The maximum absolute atomic E-state index is 9.62. The molecule has 0 heterocycles. The van der Waals surface area contributed by atoms with Gasteiger partial charge in [0.15, 0.2) is 0 Å². The van der Waals surface area contributed by atoms with E-state index >= 15 is 0 Å². The first-order valence-electron chi connectivity index (χ1n) is 3.92. The second kappa shape index (κ2) is 3.68. The maximum atomic E-state index is 9.62. The highest BCUT2D eigenvalue weighted by atomic mass is 35.5. The minimum absolute atomic E-state index is 0.184. The SMILES string of the molecule is Cc1cc(Cl)c(C)c(CC#N)c1O. The molecule has 1 aromatic rings. The third kappa shape index (κ3) is 1.76. The molecule has 0 atom stereocenters. The van der Waals surface area contributed by atoms with Crippen LogP contribution in [0.1, 0.15) is 16.7 Å². The second-order valence-electron chi connectivity index (χ2n) is 2.96. The molecule has 1 rings (SSSR count). The fourth-order valence-electron chi connectivity index (χ4n) is 1.22. The molecular formula is C10H10ClNO. The molecular weight excluding hydrogens is 186 g/mol. The molecule has 0 saturated carbocycles. The summed E-state index contributed by atoms with van der Waals surface area (Å²) in [4.78, 5) is 0. The fraction of sp³-hybridized carbons (Fsp3) is 0.300. The molecule has 0 bridgehead atoms. The molecule has 0 aliphatic carbocycles. The number of phenols is 1. The highest BCUT2D eigenvalue weighted by molar-refractivity contribution is 6.31. The molecule has 0 spiro atoms. The summed E-state index contributed by atoms with van der Waals surface area (Å²) < 4.78 is 0. The van der Waals surface area contributed by atoms with Gasteiger partial charge in [-0.2, -0.15) is 5.26 Å². The number of nitrogens with zero attached hydrogens (tertiary/aromatic N) is 1. The van der Waals surface area contributed by atoms with E-state index in [1.807, 2.05) is 6.07 Å². The highest BCUT2D eigenvalue weighted by Crippen LogP contribution is 2.31. The summed E-state index contributed by atoms with van der Waals surface area (Å²) in [5.74, 6) is 0.184. The molecule has 0 unspecified atom stereocenters. The maximum Gasteiger partial charge on any atom is 0.123 e. The smallest absolute Gasteiger partial charge is 0.123 e. The number of aryl methyl sites for hydroxylation is 1. The molecule has 0 aromatic heterocycles. The average Bonchev–Trinajstić information content (AvgIpc) is 2.09. The lowest BCUT2D eigenvalue weighted by molar-refractivity contribution is 0.465. The van der Waals surface area contributed by atoms with Gasteiger partial charge in [-0.3, -0.25) is 0 Å². The Kier molecular flexibility index (Phi) is 2.79. The minimum Gasteiger partial charge on any atom is -0.507 e. The van der Waals surface area contributed by atoms with Crippen molar-refractivity contribution in [2.75, 3.05) is 0 Å². The molecule has 3 heteroatoms. The Morgan fingerprint density at radius 3 is 2.69 bits per heavy atom. The van der Waals surface area contributed by atoms with Crippen LogP contribution in [0.15, 0.2) is 6.07 Å². The van der Waals surface area contributed by atoms with Gasteiger partial charge in [-0.25, -0.2) is 0 Å². The summed E-state index contributed by atoms with van der Waals surface area (Å²) in [7, 11) is 0. The molecule has 13 heavy (non-hydrogen) atoms. The summed E-state index contributed by atoms with van der Waals surface area (Å²) in [5, 5.41) is 18.8. The van der Waals surface area contributed by atoms with E-state index in [0.29, 0.717) is 16.1 Å². The van der Waals surface area contributed by atoms with Crippen LogP contribution >= 0.6 is 11.6 Å². The van der Waals surface area contributed by atoms with Crippen molar-refractivity contribution in [3.63, 3.8) is 0 Å². The van der Waals surface area contributed by atoms with Crippen LogP contribution in [-0.4, -0.2) is 5.11 Å². The van der Waals surface area contributed by atoms with Crippen molar-refractivity contribution in [3.8, 4) is 11.8 Å². The first kappa shape index (κ1) is 9.88. The summed E-state index contributed by atoms with van der Waals surface area (Å²) in [6, 6.07) is 3.70. The van der Waals surface area contributed by atoms with Gasteiger partial charge < -0.3 is 5.11 Å². The van der Waals surface area contributed by atoms with Crippen molar-refractivity contribution < 1.29 is 5.11 Å². The first-order valence-corrected chi connectivity index (χ1v) is 4.30. The van der Waals surface area contributed by atoms with E-state index in [0.717, 1.165) is 5.56 Å². The molecule has 0 amide bonds. The monoisotopic (exact) mass is 195 g/mol. The van der Waals surface area contributed by atoms with Gasteiger partial charge in [-0.1, -0.05) is 11.6 Å². The zero-order chi connectivity index (χ0) is 10.0. The van der Waals surface area contributed by atoms with Crippen LogP contribution in [0, 0.1) is 25.2 Å². The van der Waals surface area contributed by atoms with Crippen LogP contribution in [0.4, 0.5) is 0 Å². The Labute approximate surface area is 82.4 Å². The summed E-state index contributed by atoms with van der Waals surface area (Å²) >= 11 is 5.91. The Bertz CT molecular complexity index is 353. The number of hydrogen-bond donors (Lipinski definition) is 1. The molecule has 0 aliphatic rings. The van der Waals surface area contributed by atoms with Crippen LogP contribution < -0.4 is 0 Å².